The molecular formula is C15H24N2OS. The van der Waals surface area contributed by atoms with E-state index in [-0.39, 0.29) is 6.10 Å². The van der Waals surface area contributed by atoms with Crippen molar-refractivity contribution in [2.75, 3.05) is 39.5 Å². The first-order chi connectivity index (χ1) is 9.15. The summed E-state index contributed by atoms with van der Waals surface area (Å²) in [5, 5.41) is 9.83. The van der Waals surface area contributed by atoms with Crippen LogP contribution in [0.1, 0.15) is 6.42 Å². The maximum atomic E-state index is 9.83. The van der Waals surface area contributed by atoms with Crippen LogP contribution >= 0.6 is 11.8 Å². The van der Waals surface area contributed by atoms with Crippen molar-refractivity contribution in [3.05, 3.63) is 30.3 Å². The molecule has 0 radical (unpaired) electrons. The molecule has 4 heteroatoms. The van der Waals surface area contributed by atoms with Gasteiger partial charge in [-0.2, -0.15) is 0 Å². The first kappa shape index (κ1) is 14.9. The summed E-state index contributed by atoms with van der Waals surface area (Å²) in [5.74, 6) is 1.08. The lowest BCUT2D eigenvalue weighted by molar-refractivity contribution is 0.176. The molecule has 106 valence electrons. The lowest BCUT2D eigenvalue weighted by Gasteiger charge is -2.26. The standard InChI is InChI=1S/C15H24N2OS/c1-16(2)11-13-10-14(18)12-17(13)8-9-19-15-6-4-3-5-7-15/h3-7,13-14,18H,8-12H2,1-2H3. The van der Waals surface area contributed by atoms with Crippen LogP contribution in [0.25, 0.3) is 0 Å². The Morgan fingerprint density at radius 3 is 2.74 bits per heavy atom. The van der Waals surface area contributed by atoms with E-state index in [1.54, 1.807) is 0 Å². The van der Waals surface area contributed by atoms with Crippen LogP contribution in [0.15, 0.2) is 35.2 Å². The molecule has 1 saturated heterocycles. The molecule has 0 aromatic heterocycles. The topological polar surface area (TPSA) is 26.7 Å². The molecule has 0 spiro atoms. The van der Waals surface area contributed by atoms with Crippen molar-refractivity contribution in [1.29, 1.82) is 0 Å². The van der Waals surface area contributed by atoms with E-state index >= 15 is 0 Å². The van der Waals surface area contributed by atoms with Crippen LogP contribution in [0.5, 0.6) is 0 Å². The summed E-state index contributed by atoms with van der Waals surface area (Å²) in [6, 6.07) is 11.0. The second-order valence-electron chi connectivity index (χ2n) is 5.46. The highest BCUT2D eigenvalue weighted by Gasteiger charge is 2.30. The van der Waals surface area contributed by atoms with Gasteiger partial charge < -0.3 is 10.0 Å². The van der Waals surface area contributed by atoms with E-state index in [9.17, 15) is 5.11 Å². The van der Waals surface area contributed by atoms with Gasteiger partial charge >= 0.3 is 0 Å². The zero-order valence-electron chi connectivity index (χ0n) is 11.8. The fourth-order valence-electron chi connectivity index (χ4n) is 2.64. The number of likely N-dealkylation sites (tertiary alicyclic amines) is 1. The normalized spacial score (nSPS) is 24.2. The minimum atomic E-state index is -0.147. The quantitative estimate of drug-likeness (QED) is 0.804. The fourth-order valence-corrected chi connectivity index (χ4v) is 3.55. The van der Waals surface area contributed by atoms with Crippen LogP contribution < -0.4 is 0 Å². The first-order valence-electron chi connectivity index (χ1n) is 6.90. The Morgan fingerprint density at radius 1 is 1.32 bits per heavy atom. The van der Waals surface area contributed by atoms with E-state index in [0.29, 0.717) is 6.04 Å². The van der Waals surface area contributed by atoms with Gasteiger partial charge in [0.25, 0.3) is 0 Å². The number of rotatable bonds is 6. The third-order valence-corrected chi connectivity index (χ3v) is 4.46. The van der Waals surface area contributed by atoms with E-state index < -0.39 is 0 Å². The first-order valence-corrected chi connectivity index (χ1v) is 7.88. The van der Waals surface area contributed by atoms with E-state index in [1.807, 2.05) is 17.8 Å². The zero-order valence-corrected chi connectivity index (χ0v) is 12.6. The van der Waals surface area contributed by atoms with Gasteiger partial charge in [-0.3, -0.25) is 4.90 Å². The van der Waals surface area contributed by atoms with Crippen LogP contribution in [0.2, 0.25) is 0 Å². The highest BCUT2D eigenvalue weighted by molar-refractivity contribution is 7.99. The monoisotopic (exact) mass is 280 g/mol. The predicted molar refractivity (Wildman–Crippen MR) is 81.7 cm³/mol. The van der Waals surface area contributed by atoms with Crippen LogP contribution in [0.4, 0.5) is 0 Å². The molecule has 1 N–H and O–H groups in total. The molecule has 1 aliphatic rings. The zero-order chi connectivity index (χ0) is 13.7. The number of aliphatic hydroxyl groups excluding tert-OH is 1. The smallest absolute Gasteiger partial charge is 0.0682 e. The number of hydrogen-bond acceptors (Lipinski definition) is 4. The molecule has 1 aromatic carbocycles. The van der Waals surface area contributed by atoms with Crippen molar-refractivity contribution in [1.82, 2.24) is 9.80 Å². The van der Waals surface area contributed by atoms with Crippen molar-refractivity contribution in [2.45, 2.75) is 23.5 Å². The van der Waals surface area contributed by atoms with Gasteiger partial charge in [-0.05, 0) is 32.6 Å². The lowest BCUT2D eigenvalue weighted by atomic mass is 10.2. The SMILES string of the molecule is CN(C)CC1CC(O)CN1CCSc1ccccc1. The van der Waals surface area contributed by atoms with Crippen LogP contribution in [0, 0.1) is 0 Å². The van der Waals surface area contributed by atoms with Gasteiger partial charge in [-0.1, -0.05) is 18.2 Å². The van der Waals surface area contributed by atoms with Crippen molar-refractivity contribution >= 4 is 11.8 Å². The van der Waals surface area contributed by atoms with E-state index in [4.69, 9.17) is 0 Å². The molecule has 2 rings (SSSR count). The second-order valence-corrected chi connectivity index (χ2v) is 6.63. The van der Waals surface area contributed by atoms with Gasteiger partial charge in [-0.25, -0.2) is 0 Å². The molecule has 1 heterocycles. The summed E-state index contributed by atoms with van der Waals surface area (Å²) in [4.78, 5) is 5.96. The highest BCUT2D eigenvalue weighted by atomic mass is 32.2. The molecule has 2 unspecified atom stereocenters. The third kappa shape index (κ3) is 4.80. The van der Waals surface area contributed by atoms with Gasteiger partial charge in [0.15, 0.2) is 0 Å². The average Bonchev–Trinajstić information content (AvgIpc) is 2.70. The van der Waals surface area contributed by atoms with Crippen LogP contribution in [0.3, 0.4) is 0 Å². The minimum Gasteiger partial charge on any atom is -0.392 e. The van der Waals surface area contributed by atoms with Gasteiger partial charge in [0.05, 0.1) is 6.10 Å². The highest BCUT2D eigenvalue weighted by Crippen LogP contribution is 2.21. The Labute approximate surface area is 120 Å². The minimum absolute atomic E-state index is 0.147. The van der Waals surface area contributed by atoms with Gasteiger partial charge in [0.1, 0.15) is 0 Å². The molecule has 3 nitrogen and oxygen atoms in total. The van der Waals surface area contributed by atoms with Crippen molar-refractivity contribution < 1.29 is 5.11 Å². The third-order valence-electron chi connectivity index (χ3n) is 3.47. The predicted octanol–water partition coefficient (Wildman–Crippen LogP) is 1.78. The number of aliphatic hydroxyl groups is 1. The maximum Gasteiger partial charge on any atom is 0.0682 e. The molecular weight excluding hydrogens is 256 g/mol. The molecule has 1 aliphatic heterocycles. The maximum absolute atomic E-state index is 9.83. The van der Waals surface area contributed by atoms with Gasteiger partial charge in [-0.15, -0.1) is 11.8 Å². The molecule has 19 heavy (non-hydrogen) atoms. The van der Waals surface area contributed by atoms with Crippen molar-refractivity contribution in [3.63, 3.8) is 0 Å². The summed E-state index contributed by atoms with van der Waals surface area (Å²) < 4.78 is 0. The summed E-state index contributed by atoms with van der Waals surface area (Å²) >= 11 is 1.89. The molecule has 2 atom stereocenters. The summed E-state index contributed by atoms with van der Waals surface area (Å²) in [6.45, 7) is 2.91. The lowest BCUT2D eigenvalue weighted by Crippen LogP contribution is -2.38. The number of β-amino-alcohol motifs (C(OH)–C–C–N with tert-alkyl or cyclic N) is 1. The van der Waals surface area contributed by atoms with Gasteiger partial charge in [0.2, 0.25) is 0 Å². The van der Waals surface area contributed by atoms with Crippen LogP contribution in [-0.4, -0.2) is 66.5 Å². The summed E-state index contributed by atoms with van der Waals surface area (Å²) in [7, 11) is 4.20. The summed E-state index contributed by atoms with van der Waals surface area (Å²) in [5.41, 5.74) is 0. The number of hydrogen-bond donors (Lipinski definition) is 1. The average molecular weight is 280 g/mol. The van der Waals surface area contributed by atoms with E-state index in [2.05, 4.69) is 48.2 Å². The number of thioether (sulfide) groups is 1. The van der Waals surface area contributed by atoms with E-state index in [0.717, 1.165) is 31.8 Å². The fraction of sp³-hybridized carbons (Fsp3) is 0.600. The van der Waals surface area contributed by atoms with Crippen molar-refractivity contribution in [3.8, 4) is 0 Å². The Bertz CT molecular complexity index is 372. The molecule has 0 bridgehead atoms. The Kier molecular flexibility index (Phi) is 5.70. The van der Waals surface area contributed by atoms with E-state index in [1.165, 1.54) is 4.90 Å². The molecule has 1 fully saturated rings. The number of nitrogens with zero attached hydrogens (tertiary/aromatic N) is 2. The molecule has 0 saturated carbocycles. The van der Waals surface area contributed by atoms with Gasteiger partial charge in [0, 0.05) is 36.3 Å². The second kappa shape index (κ2) is 7.29. The molecule has 0 aliphatic carbocycles. The number of benzene rings is 1. The Hall–Kier alpha value is -0.550. The Morgan fingerprint density at radius 2 is 2.05 bits per heavy atom. The number of likely N-dealkylation sites (N-methyl/N-ethyl adjacent to an activating group) is 1. The Balaban J connectivity index is 1.77. The van der Waals surface area contributed by atoms with Crippen LogP contribution in [-0.2, 0) is 0 Å². The largest absolute Gasteiger partial charge is 0.392 e. The van der Waals surface area contributed by atoms with Crippen molar-refractivity contribution in [2.24, 2.45) is 0 Å². The molecule has 1 aromatic rings. The molecule has 0 amide bonds. The summed E-state index contributed by atoms with van der Waals surface area (Å²) in [6.07, 6.45) is 0.764.